The highest BCUT2D eigenvalue weighted by Crippen LogP contribution is 2.23. The van der Waals surface area contributed by atoms with Crippen LogP contribution in [0.4, 0.5) is 5.82 Å². The van der Waals surface area contributed by atoms with Gasteiger partial charge in [0.05, 0.1) is 5.25 Å². The molecule has 2 aromatic heterocycles. The molecule has 7 nitrogen and oxygen atoms in total. The Morgan fingerprint density at radius 3 is 2.71 bits per heavy atom. The van der Waals surface area contributed by atoms with Crippen molar-refractivity contribution >= 4 is 27.0 Å². The van der Waals surface area contributed by atoms with E-state index in [9.17, 15) is 8.42 Å². The van der Waals surface area contributed by atoms with Crippen LogP contribution in [0.3, 0.4) is 0 Å². The summed E-state index contributed by atoms with van der Waals surface area (Å²) in [4.78, 5) is 3.99. The molecule has 17 heavy (non-hydrogen) atoms. The van der Waals surface area contributed by atoms with Gasteiger partial charge in [-0.3, -0.25) is 0 Å². The van der Waals surface area contributed by atoms with E-state index in [1.54, 1.807) is 25.4 Å². The number of hydrogen-bond donors (Lipinski definition) is 1. The normalized spacial score (nSPS) is 12.2. The van der Waals surface area contributed by atoms with Gasteiger partial charge in [0.2, 0.25) is 20.0 Å². The van der Waals surface area contributed by atoms with Gasteiger partial charge in [-0.1, -0.05) is 5.21 Å². The molecule has 9 heteroatoms. The number of aromatic nitrogens is 4. The van der Waals surface area contributed by atoms with Crippen LogP contribution in [-0.4, -0.2) is 33.6 Å². The van der Waals surface area contributed by atoms with E-state index in [1.165, 1.54) is 16.0 Å². The van der Waals surface area contributed by atoms with Crippen LogP contribution in [-0.2, 0) is 9.84 Å². The first-order valence-electron chi connectivity index (χ1n) is 4.79. The third-order valence-electron chi connectivity index (χ3n) is 2.16. The Hall–Kier alpha value is -1.48. The van der Waals surface area contributed by atoms with E-state index >= 15 is 0 Å². The predicted octanol–water partition coefficient (Wildman–Crippen LogP) is 0.488. The van der Waals surface area contributed by atoms with E-state index in [1.807, 2.05) is 0 Å². The fraction of sp³-hybridized carbons (Fsp3) is 0.375. The minimum Gasteiger partial charge on any atom is -0.381 e. The molecule has 0 fully saturated rings. The van der Waals surface area contributed by atoms with Crippen LogP contribution in [0.15, 0.2) is 16.6 Å². The number of anilines is 1. The van der Waals surface area contributed by atoms with Crippen LogP contribution < -0.4 is 5.73 Å². The van der Waals surface area contributed by atoms with Crippen LogP contribution >= 0.6 is 11.3 Å². The first kappa shape index (κ1) is 12.0. The monoisotopic (exact) mass is 273 g/mol. The number of nitrogen functional groups attached to an aromatic ring is 1. The van der Waals surface area contributed by atoms with Crippen molar-refractivity contribution in [1.82, 2.24) is 20.0 Å². The van der Waals surface area contributed by atoms with Crippen molar-refractivity contribution in [3.05, 3.63) is 11.6 Å². The standard InChI is InChI=1S/C8H11N5O2S2/c1-5(2)17(14,15)7-6(9)13(12-11-7)8-10-3-4-16-8/h3-5H,9H2,1-2H3. The van der Waals surface area contributed by atoms with Gasteiger partial charge in [-0.25, -0.2) is 13.4 Å². The lowest BCUT2D eigenvalue weighted by atomic mass is 10.6. The number of sulfone groups is 1. The van der Waals surface area contributed by atoms with Crippen molar-refractivity contribution in [3.8, 4) is 5.13 Å². The second kappa shape index (κ2) is 4.08. The molecule has 0 aliphatic carbocycles. The molecule has 0 atom stereocenters. The zero-order valence-electron chi connectivity index (χ0n) is 9.23. The van der Waals surface area contributed by atoms with Crippen molar-refractivity contribution < 1.29 is 8.42 Å². The molecule has 0 bridgehead atoms. The summed E-state index contributed by atoms with van der Waals surface area (Å²) in [5.41, 5.74) is 5.74. The van der Waals surface area contributed by atoms with Crippen LogP contribution in [0.5, 0.6) is 0 Å². The maximum absolute atomic E-state index is 11.9. The highest BCUT2D eigenvalue weighted by atomic mass is 32.2. The zero-order valence-corrected chi connectivity index (χ0v) is 10.9. The molecule has 0 aliphatic rings. The van der Waals surface area contributed by atoms with Crippen molar-refractivity contribution in [2.24, 2.45) is 0 Å². The van der Waals surface area contributed by atoms with Gasteiger partial charge >= 0.3 is 0 Å². The largest absolute Gasteiger partial charge is 0.381 e. The van der Waals surface area contributed by atoms with Crippen molar-refractivity contribution in [1.29, 1.82) is 0 Å². The van der Waals surface area contributed by atoms with Crippen molar-refractivity contribution in [2.45, 2.75) is 24.1 Å². The molecule has 0 saturated heterocycles. The second-order valence-corrected chi connectivity index (χ2v) is 6.89. The molecule has 0 aromatic carbocycles. The number of hydrogen-bond acceptors (Lipinski definition) is 7. The Labute approximate surface area is 102 Å². The highest BCUT2D eigenvalue weighted by molar-refractivity contribution is 7.92. The van der Waals surface area contributed by atoms with Crippen LogP contribution in [0.25, 0.3) is 5.13 Å². The quantitative estimate of drug-likeness (QED) is 0.872. The van der Waals surface area contributed by atoms with Crippen molar-refractivity contribution in [2.75, 3.05) is 5.73 Å². The average Bonchev–Trinajstić information content (AvgIpc) is 2.85. The van der Waals surface area contributed by atoms with Gasteiger partial charge in [-0.15, -0.1) is 16.4 Å². The summed E-state index contributed by atoms with van der Waals surface area (Å²) in [7, 11) is -3.52. The van der Waals surface area contributed by atoms with E-state index in [0.717, 1.165) is 0 Å². The van der Waals surface area contributed by atoms with E-state index in [-0.39, 0.29) is 10.8 Å². The molecule has 2 aromatic rings. The molecule has 0 unspecified atom stereocenters. The fourth-order valence-corrected chi connectivity index (χ4v) is 2.74. The summed E-state index contributed by atoms with van der Waals surface area (Å²) in [6.45, 7) is 3.13. The van der Waals surface area contributed by atoms with Gasteiger partial charge in [-0.2, -0.15) is 4.68 Å². The van der Waals surface area contributed by atoms with E-state index in [4.69, 9.17) is 5.73 Å². The molecule has 92 valence electrons. The minimum absolute atomic E-state index is 0.00588. The van der Waals surface area contributed by atoms with Gasteiger partial charge in [0, 0.05) is 11.6 Å². The first-order chi connectivity index (χ1) is 7.94. The van der Waals surface area contributed by atoms with Gasteiger partial charge in [0.1, 0.15) is 0 Å². The molecule has 2 N–H and O–H groups in total. The third-order valence-corrected chi connectivity index (χ3v) is 4.98. The van der Waals surface area contributed by atoms with Crippen LogP contribution in [0.1, 0.15) is 13.8 Å². The van der Waals surface area contributed by atoms with Gasteiger partial charge < -0.3 is 5.73 Å². The van der Waals surface area contributed by atoms with Gasteiger partial charge in [0.25, 0.3) is 0 Å². The lowest BCUT2D eigenvalue weighted by Gasteiger charge is -2.04. The van der Waals surface area contributed by atoms with E-state index in [0.29, 0.717) is 5.13 Å². The van der Waals surface area contributed by atoms with E-state index in [2.05, 4.69) is 15.3 Å². The smallest absolute Gasteiger partial charge is 0.221 e. The number of rotatable bonds is 3. The van der Waals surface area contributed by atoms with Crippen molar-refractivity contribution in [3.63, 3.8) is 0 Å². The molecular weight excluding hydrogens is 262 g/mol. The summed E-state index contributed by atoms with van der Waals surface area (Å²) in [6, 6.07) is 0. The molecule has 0 radical (unpaired) electrons. The lowest BCUT2D eigenvalue weighted by molar-refractivity contribution is 0.583. The molecule has 0 saturated carbocycles. The predicted molar refractivity (Wildman–Crippen MR) is 63.8 cm³/mol. The Bertz CT molecular complexity index is 614. The SMILES string of the molecule is CC(C)S(=O)(=O)c1nnn(-c2nccs2)c1N. The maximum Gasteiger partial charge on any atom is 0.221 e. The maximum atomic E-state index is 11.9. The number of nitrogens with two attached hydrogens (primary N) is 1. The number of nitrogens with zero attached hydrogens (tertiary/aromatic N) is 4. The molecule has 0 amide bonds. The van der Waals surface area contributed by atoms with E-state index < -0.39 is 15.1 Å². The fourth-order valence-electron chi connectivity index (χ4n) is 1.16. The summed E-state index contributed by atoms with van der Waals surface area (Å²) in [5, 5.41) is 8.79. The van der Waals surface area contributed by atoms with Crippen LogP contribution in [0.2, 0.25) is 0 Å². The Morgan fingerprint density at radius 2 is 2.18 bits per heavy atom. The first-order valence-corrected chi connectivity index (χ1v) is 7.22. The number of thiazole rings is 1. The molecule has 0 spiro atoms. The molecule has 0 aliphatic heterocycles. The van der Waals surface area contributed by atoms with Gasteiger partial charge in [0.15, 0.2) is 5.82 Å². The second-order valence-electron chi connectivity index (χ2n) is 3.60. The Kier molecular flexibility index (Phi) is 2.87. The molecule has 2 heterocycles. The summed E-state index contributed by atoms with van der Waals surface area (Å²) >= 11 is 1.30. The molecule has 2 rings (SSSR count). The van der Waals surface area contributed by atoms with Gasteiger partial charge in [-0.05, 0) is 13.8 Å². The highest BCUT2D eigenvalue weighted by Gasteiger charge is 2.28. The minimum atomic E-state index is -3.52. The Morgan fingerprint density at radius 1 is 1.47 bits per heavy atom. The summed E-state index contributed by atoms with van der Waals surface area (Å²) in [6.07, 6.45) is 1.58. The summed E-state index contributed by atoms with van der Waals surface area (Å²) in [5.74, 6) is -0.00588. The van der Waals surface area contributed by atoms with Crippen LogP contribution in [0, 0.1) is 0 Å². The summed E-state index contributed by atoms with van der Waals surface area (Å²) < 4.78 is 25.1. The lowest BCUT2D eigenvalue weighted by Crippen LogP contribution is -2.16. The average molecular weight is 273 g/mol. The molecular formula is C8H11N5O2S2. The third kappa shape index (κ3) is 1.91. The topological polar surface area (TPSA) is 104 Å². The Balaban J connectivity index is 2.55. The zero-order chi connectivity index (χ0) is 12.6.